The molecule has 0 aliphatic heterocycles. The first kappa shape index (κ1) is 10.3. The van der Waals surface area contributed by atoms with Gasteiger partial charge in [-0.05, 0) is 33.4 Å². The maximum atomic E-state index is 10.9. The Bertz CT molecular complexity index is 257. The second-order valence-corrected chi connectivity index (χ2v) is 6.43. The van der Waals surface area contributed by atoms with Gasteiger partial charge in [0, 0.05) is 16.2 Å². The van der Waals surface area contributed by atoms with Gasteiger partial charge < -0.3 is 4.90 Å². The van der Waals surface area contributed by atoms with Crippen LogP contribution in [0.5, 0.6) is 0 Å². The van der Waals surface area contributed by atoms with E-state index in [-0.39, 0.29) is 11.3 Å². The summed E-state index contributed by atoms with van der Waals surface area (Å²) < 4.78 is 21.8. The van der Waals surface area contributed by atoms with Gasteiger partial charge in [-0.3, -0.25) is 0 Å². The van der Waals surface area contributed by atoms with Crippen LogP contribution in [-0.2, 0) is 9.05 Å². The normalized spacial score (nSPS) is 22.3. The molecule has 0 heterocycles. The van der Waals surface area contributed by atoms with Crippen molar-refractivity contribution < 1.29 is 8.42 Å². The molecule has 5 heteroatoms. The predicted octanol–water partition coefficient (Wildman–Crippen LogP) is 1.04. The molecule has 72 valence electrons. The zero-order valence-corrected chi connectivity index (χ0v) is 8.95. The van der Waals surface area contributed by atoms with Gasteiger partial charge in [0.25, 0.3) is 0 Å². The van der Waals surface area contributed by atoms with E-state index in [4.69, 9.17) is 10.7 Å². The van der Waals surface area contributed by atoms with E-state index in [2.05, 4.69) is 0 Å². The summed E-state index contributed by atoms with van der Waals surface area (Å²) in [5.74, 6) is 0.0779. The number of rotatable bonds is 3. The molecule has 3 nitrogen and oxygen atoms in total. The molecule has 0 radical (unpaired) electrons. The van der Waals surface area contributed by atoms with Crippen LogP contribution in [-0.4, -0.2) is 38.7 Å². The minimum atomic E-state index is -3.36. The number of nitrogens with zero attached hydrogens (tertiary/aromatic N) is 1. The minimum absolute atomic E-state index is 0.0779. The largest absolute Gasteiger partial charge is 0.303 e. The van der Waals surface area contributed by atoms with Crippen molar-refractivity contribution in [2.45, 2.75) is 24.8 Å². The van der Waals surface area contributed by atoms with Crippen LogP contribution in [0.15, 0.2) is 0 Å². The molecule has 0 N–H and O–H groups in total. The summed E-state index contributed by atoms with van der Waals surface area (Å²) in [7, 11) is 5.67. The quantitative estimate of drug-likeness (QED) is 0.655. The molecule has 0 aromatic heterocycles. The van der Waals surface area contributed by atoms with Crippen LogP contribution in [0, 0.1) is 0 Å². The van der Waals surface area contributed by atoms with Crippen molar-refractivity contribution in [2.75, 3.05) is 19.8 Å². The molecule has 0 bridgehead atoms. The van der Waals surface area contributed by atoms with Crippen molar-refractivity contribution in [3.63, 3.8) is 0 Å². The molecular weight excluding hydrogens is 198 g/mol. The summed E-state index contributed by atoms with van der Waals surface area (Å²) in [6, 6.07) is 0. The molecule has 1 saturated carbocycles. The van der Waals surface area contributed by atoms with Crippen LogP contribution in [0.3, 0.4) is 0 Å². The predicted molar refractivity (Wildman–Crippen MR) is 49.9 cm³/mol. The first-order chi connectivity index (χ1) is 5.36. The summed E-state index contributed by atoms with van der Waals surface area (Å²) in [4.78, 5) is 1.97. The maximum Gasteiger partial charge on any atom is 0.234 e. The lowest BCUT2D eigenvalue weighted by Crippen LogP contribution is -2.54. The third-order valence-electron chi connectivity index (χ3n) is 2.67. The Hall–Kier alpha value is 0.200. The minimum Gasteiger partial charge on any atom is -0.303 e. The van der Waals surface area contributed by atoms with E-state index in [9.17, 15) is 8.42 Å². The van der Waals surface area contributed by atoms with Gasteiger partial charge in [-0.2, -0.15) is 0 Å². The average molecular weight is 212 g/mol. The lowest BCUT2D eigenvalue weighted by molar-refractivity contribution is 0.0841. The van der Waals surface area contributed by atoms with Gasteiger partial charge in [0.2, 0.25) is 9.05 Å². The topological polar surface area (TPSA) is 37.4 Å². The van der Waals surface area contributed by atoms with Crippen molar-refractivity contribution in [1.82, 2.24) is 4.90 Å². The van der Waals surface area contributed by atoms with Crippen LogP contribution < -0.4 is 0 Å². The zero-order valence-electron chi connectivity index (χ0n) is 7.38. The number of hydrogen-bond acceptors (Lipinski definition) is 3. The first-order valence-corrected chi connectivity index (χ1v) is 6.43. The summed E-state index contributed by atoms with van der Waals surface area (Å²) in [5, 5.41) is 0. The average Bonchev–Trinajstić information content (AvgIpc) is 1.75. The van der Waals surface area contributed by atoms with Crippen molar-refractivity contribution in [3.05, 3.63) is 0 Å². The summed E-state index contributed by atoms with van der Waals surface area (Å²) in [6.07, 6.45) is 2.97. The van der Waals surface area contributed by atoms with Gasteiger partial charge in [0.05, 0.1) is 5.75 Å². The van der Waals surface area contributed by atoms with Gasteiger partial charge in [-0.1, -0.05) is 0 Å². The Labute approximate surface area is 78.1 Å². The van der Waals surface area contributed by atoms with Gasteiger partial charge in [0.1, 0.15) is 0 Å². The van der Waals surface area contributed by atoms with Crippen molar-refractivity contribution in [1.29, 1.82) is 0 Å². The van der Waals surface area contributed by atoms with E-state index >= 15 is 0 Å². The molecule has 0 atom stereocenters. The van der Waals surface area contributed by atoms with Gasteiger partial charge in [0.15, 0.2) is 0 Å². The third kappa shape index (κ3) is 2.12. The molecule has 0 aromatic carbocycles. The zero-order chi connectivity index (χ0) is 9.41. The second-order valence-electron chi connectivity index (χ2n) is 3.66. The molecule has 0 amide bonds. The van der Waals surface area contributed by atoms with E-state index in [0.29, 0.717) is 0 Å². The monoisotopic (exact) mass is 211 g/mol. The Kier molecular flexibility index (Phi) is 2.71. The molecular formula is C7H14ClNO2S. The van der Waals surface area contributed by atoms with Crippen molar-refractivity contribution in [3.8, 4) is 0 Å². The molecule has 1 fully saturated rings. The smallest absolute Gasteiger partial charge is 0.234 e. The third-order valence-corrected chi connectivity index (χ3v) is 3.88. The summed E-state index contributed by atoms with van der Waals surface area (Å²) >= 11 is 0. The van der Waals surface area contributed by atoms with Crippen LogP contribution in [0.25, 0.3) is 0 Å². The Morgan fingerprint density at radius 3 is 2.00 bits per heavy atom. The summed E-state index contributed by atoms with van der Waals surface area (Å²) in [6.45, 7) is 0. The molecule has 1 aliphatic rings. The highest BCUT2D eigenvalue weighted by Crippen LogP contribution is 2.37. The van der Waals surface area contributed by atoms with E-state index in [1.54, 1.807) is 0 Å². The molecule has 1 aliphatic carbocycles. The van der Waals surface area contributed by atoms with Crippen LogP contribution in [0.1, 0.15) is 19.3 Å². The fourth-order valence-electron chi connectivity index (χ4n) is 1.63. The second kappa shape index (κ2) is 3.16. The lowest BCUT2D eigenvalue weighted by atomic mass is 9.77. The number of hydrogen-bond donors (Lipinski definition) is 0. The highest BCUT2D eigenvalue weighted by atomic mass is 35.7. The Morgan fingerprint density at radius 2 is 1.92 bits per heavy atom. The van der Waals surface area contributed by atoms with Gasteiger partial charge in [-0.15, -0.1) is 0 Å². The van der Waals surface area contributed by atoms with E-state index in [0.717, 1.165) is 19.3 Å². The molecule has 0 spiro atoms. The van der Waals surface area contributed by atoms with Crippen LogP contribution in [0.4, 0.5) is 0 Å². The lowest BCUT2D eigenvalue weighted by Gasteiger charge is -2.46. The van der Waals surface area contributed by atoms with E-state index in [1.165, 1.54) is 0 Å². The fraction of sp³-hybridized carbons (Fsp3) is 1.00. The molecule has 0 unspecified atom stereocenters. The van der Waals surface area contributed by atoms with E-state index < -0.39 is 9.05 Å². The van der Waals surface area contributed by atoms with Crippen LogP contribution >= 0.6 is 10.7 Å². The molecule has 0 saturated heterocycles. The van der Waals surface area contributed by atoms with Gasteiger partial charge >= 0.3 is 0 Å². The number of halogens is 1. The van der Waals surface area contributed by atoms with E-state index in [1.807, 2.05) is 19.0 Å². The standard InChI is InChI=1S/C7H14ClNO2S/c1-9(2)7(4-3-5-7)6-12(8,10)11/h3-6H2,1-2H3. The van der Waals surface area contributed by atoms with Crippen molar-refractivity contribution >= 4 is 19.7 Å². The summed E-state index contributed by atoms with van der Waals surface area (Å²) in [5.41, 5.74) is -0.180. The molecule has 1 rings (SSSR count). The molecule has 12 heavy (non-hydrogen) atoms. The fourth-order valence-corrected chi connectivity index (χ4v) is 3.42. The highest BCUT2D eigenvalue weighted by molar-refractivity contribution is 8.13. The van der Waals surface area contributed by atoms with Crippen molar-refractivity contribution in [2.24, 2.45) is 0 Å². The van der Waals surface area contributed by atoms with Crippen LogP contribution in [0.2, 0.25) is 0 Å². The maximum absolute atomic E-state index is 10.9. The Balaban J connectivity index is 2.70. The Morgan fingerprint density at radius 1 is 1.42 bits per heavy atom. The van der Waals surface area contributed by atoms with Gasteiger partial charge in [-0.25, -0.2) is 8.42 Å². The molecule has 0 aromatic rings. The SMILES string of the molecule is CN(C)C1(CS(=O)(=O)Cl)CCC1. The highest BCUT2D eigenvalue weighted by Gasteiger charge is 2.42. The first-order valence-electron chi connectivity index (χ1n) is 3.96.